The first-order valence-electron chi connectivity index (χ1n) is 13.9. The third-order valence-electron chi connectivity index (χ3n) is 8.20. The fraction of sp³-hybridized carbons (Fsp3) is 0.375. The van der Waals surface area contributed by atoms with Gasteiger partial charge in [-0.1, -0.05) is 36.4 Å². The standard InChI is InChI=1S/C32H36FN3O4/c1-21-19-36(22(2)18-34(21)20-23-7-3-11-27(33)15-23)30(25-9-5-12-28(37)17-25)24-8-4-10-26(16-24)31(38)35-14-6-13-29(35)32(39)40/h3-5,7-12,15-17,21-22,29-30,37H,6,13-14,18-20H2,1-2H3,(H,39,40)/t21-,22+,29?,30-/m1/s1. The number of halogens is 1. The number of amides is 1. The molecule has 1 amide bonds. The minimum Gasteiger partial charge on any atom is -0.508 e. The van der Waals surface area contributed by atoms with Gasteiger partial charge >= 0.3 is 5.97 Å². The van der Waals surface area contributed by atoms with E-state index in [2.05, 4.69) is 23.6 Å². The molecule has 7 nitrogen and oxygen atoms in total. The maximum absolute atomic E-state index is 13.8. The summed E-state index contributed by atoms with van der Waals surface area (Å²) >= 11 is 0. The Hall–Kier alpha value is -3.75. The molecule has 1 unspecified atom stereocenters. The summed E-state index contributed by atoms with van der Waals surface area (Å²) < 4.78 is 13.8. The lowest BCUT2D eigenvalue weighted by molar-refractivity contribution is -0.141. The molecule has 2 aliphatic rings. The summed E-state index contributed by atoms with van der Waals surface area (Å²) in [4.78, 5) is 31.4. The second-order valence-electron chi connectivity index (χ2n) is 11.1. The first kappa shape index (κ1) is 27.8. The Kier molecular flexibility index (Phi) is 8.19. The maximum atomic E-state index is 13.8. The molecule has 0 bridgehead atoms. The maximum Gasteiger partial charge on any atom is 0.326 e. The van der Waals surface area contributed by atoms with Crippen LogP contribution in [0.2, 0.25) is 0 Å². The second-order valence-corrected chi connectivity index (χ2v) is 11.1. The average molecular weight is 546 g/mol. The number of carbonyl (C=O) groups excluding carboxylic acids is 1. The van der Waals surface area contributed by atoms with Gasteiger partial charge in [0.2, 0.25) is 0 Å². The molecule has 0 aromatic heterocycles. The molecular weight excluding hydrogens is 509 g/mol. The molecular formula is C32H36FN3O4. The zero-order valence-electron chi connectivity index (χ0n) is 22.9. The smallest absolute Gasteiger partial charge is 0.326 e. The Morgan fingerprint density at radius 3 is 2.40 bits per heavy atom. The Balaban J connectivity index is 1.45. The predicted molar refractivity (Wildman–Crippen MR) is 151 cm³/mol. The quantitative estimate of drug-likeness (QED) is 0.439. The van der Waals surface area contributed by atoms with Gasteiger partial charge in [-0.15, -0.1) is 0 Å². The fourth-order valence-corrected chi connectivity index (χ4v) is 6.22. The Morgan fingerprint density at radius 2 is 1.68 bits per heavy atom. The van der Waals surface area contributed by atoms with E-state index in [0.29, 0.717) is 31.5 Å². The van der Waals surface area contributed by atoms with Crippen molar-refractivity contribution in [1.29, 1.82) is 0 Å². The number of nitrogens with zero attached hydrogens (tertiary/aromatic N) is 3. The first-order valence-corrected chi connectivity index (χ1v) is 13.9. The highest BCUT2D eigenvalue weighted by atomic mass is 19.1. The summed E-state index contributed by atoms with van der Waals surface area (Å²) in [6.45, 7) is 6.90. The van der Waals surface area contributed by atoms with Crippen LogP contribution in [-0.4, -0.2) is 74.5 Å². The molecule has 3 aromatic rings. The van der Waals surface area contributed by atoms with Crippen molar-refractivity contribution in [2.75, 3.05) is 19.6 Å². The van der Waals surface area contributed by atoms with E-state index < -0.39 is 12.0 Å². The van der Waals surface area contributed by atoms with Crippen molar-refractivity contribution in [3.8, 4) is 5.75 Å². The van der Waals surface area contributed by atoms with Crippen molar-refractivity contribution in [1.82, 2.24) is 14.7 Å². The number of hydrogen-bond donors (Lipinski definition) is 2. The lowest BCUT2D eigenvalue weighted by atomic mass is 9.92. The lowest BCUT2D eigenvalue weighted by Gasteiger charge is -2.47. The van der Waals surface area contributed by atoms with Gasteiger partial charge in [0.05, 0.1) is 6.04 Å². The Labute approximate surface area is 234 Å². The highest BCUT2D eigenvalue weighted by Crippen LogP contribution is 2.35. The van der Waals surface area contributed by atoms with Crippen LogP contribution in [0.4, 0.5) is 4.39 Å². The normalized spacial score (nSPS) is 22.8. The van der Waals surface area contributed by atoms with Crippen molar-refractivity contribution in [2.24, 2.45) is 0 Å². The topological polar surface area (TPSA) is 84.3 Å². The third-order valence-corrected chi connectivity index (χ3v) is 8.20. The van der Waals surface area contributed by atoms with Gasteiger partial charge < -0.3 is 15.1 Å². The number of aliphatic carboxylic acids is 1. The van der Waals surface area contributed by atoms with E-state index in [1.54, 1.807) is 30.3 Å². The molecule has 40 heavy (non-hydrogen) atoms. The van der Waals surface area contributed by atoms with Crippen molar-refractivity contribution in [3.63, 3.8) is 0 Å². The van der Waals surface area contributed by atoms with Crippen LogP contribution >= 0.6 is 0 Å². The summed E-state index contributed by atoms with van der Waals surface area (Å²) in [5.74, 6) is -1.32. The summed E-state index contributed by atoms with van der Waals surface area (Å²) in [5, 5.41) is 19.9. The molecule has 0 radical (unpaired) electrons. The molecule has 0 aliphatic carbocycles. The number of carboxylic acids is 1. The van der Waals surface area contributed by atoms with Crippen LogP contribution < -0.4 is 0 Å². The van der Waals surface area contributed by atoms with Crippen LogP contribution in [0.5, 0.6) is 5.75 Å². The number of carbonyl (C=O) groups is 2. The molecule has 2 heterocycles. The molecule has 2 fully saturated rings. The fourth-order valence-electron chi connectivity index (χ4n) is 6.22. The van der Waals surface area contributed by atoms with Crippen molar-refractivity contribution in [2.45, 2.75) is 57.4 Å². The number of phenols is 1. The van der Waals surface area contributed by atoms with Gasteiger partial charge in [0, 0.05) is 43.8 Å². The number of phenolic OH excluding ortho intramolecular Hbond substituents is 1. The Morgan fingerprint density at radius 1 is 0.950 bits per heavy atom. The van der Waals surface area contributed by atoms with E-state index in [1.165, 1.54) is 11.0 Å². The van der Waals surface area contributed by atoms with E-state index in [0.717, 1.165) is 29.8 Å². The highest BCUT2D eigenvalue weighted by Gasteiger charge is 2.37. The summed E-state index contributed by atoms with van der Waals surface area (Å²) in [5.41, 5.74) is 3.21. The van der Waals surface area contributed by atoms with Crippen LogP contribution in [0, 0.1) is 5.82 Å². The average Bonchev–Trinajstić information content (AvgIpc) is 3.42. The molecule has 210 valence electrons. The molecule has 2 N–H and O–H groups in total. The molecule has 0 spiro atoms. The monoisotopic (exact) mass is 545 g/mol. The van der Waals surface area contributed by atoms with Gasteiger partial charge in [-0.2, -0.15) is 0 Å². The van der Waals surface area contributed by atoms with Crippen LogP contribution in [0.3, 0.4) is 0 Å². The van der Waals surface area contributed by atoms with Crippen LogP contribution in [-0.2, 0) is 11.3 Å². The van der Waals surface area contributed by atoms with Crippen molar-refractivity contribution < 1.29 is 24.2 Å². The second kappa shape index (κ2) is 11.8. The summed E-state index contributed by atoms with van der Waals surface area (Å²) in [6, 6.07) is 20.6. The third kappa shape index (κ3) is 5.88. The number of carboxylic acid groups (broad SMARTS) is 1. The Bertz CT molecular complexity index is 1380. The molecule has 5 rings (SSSR count). The van der Waals surface area contributed by atoms with Crippen LogP contribution in [0.25, 0.3) is 0 Å². The first-order chi connectivity index (χ1) is 19.2. The van der Waals surface area contributed by atoms with Crippen molar-refractivity contribution >= 4 is 11.9 Å². The molecule has 2 aliphatic heterocycles. The minimum absolute atomic E-state index is 0.117. The van der Waals surface area contributed by atoms with E-state index in [4.69, 9.17) is 0 Å². The van der Waals surface area contributed by atoms with E-state index in [9.17, 15) is 24.2 Å². The molecule has 3 aromatic carbocycles. The molecule has 0 saturated carbocycles. The van der Waals surface area contributed by atoms with Gasteiger partial charge in [-0.05, 0) is 79.8 Å². The van der Waals surface area contributed by atoms with Crippen LogP contribution in [0.1, 0.15) is 59.8 Å². The molecule has 8 heteroatoms. The van der Waals surface area contributed by atoms with Gasteiger partial charge in [-0.3, -0.25) is 14.6 Å². The summed E-state index contributed by atoms with van der Waals surface area (Å²) in [6.07, 6.45) is 1.13. The van der Waals surface area contributed by atoms with Crippen LogP contribution in [0.15, 0.2) is 72.8 Å². The summed E-state index contributed by atoms with van der Waals surface area (Å²) in [7, 11) is 0. The number of aromatic hydroxyl groups is 1. The SMILES string of the molecule is C[C@@H]1CN([C@@H](c2cccc(O)c2)c2cccc(C(=O)N3CCCC3C(=O)O)c2)[C@@H](C)CN1Cc1cccc(F)c1. The van der Waals surface area contributed by atoms with Crippen molar-refractivity contribution in [3.05, 3.63) is 101 Å². The zero-order valence-corrected chi connectivity index (χ0v) is 22.9. The largest absolute Gasteiger partial charge is 0.508 e. The van der Waals surface area contributed by atoms with Gasteiger partial charge in [0.15, 0.2) is 0 Å². The number of hydrogen-bond acceptors (Lipinski definition) is 5. The minimum atomic E-state index is -0.974. The number of benzene rings is 3. The zero-order chi connectivity index (χ0) is 28.4. The number of rotatable bonds is 7. The van der Waals surface area contributed by atoms with E-state index in [1.807, 2.05) is 36.4 Å². The van der Waals surface area contributed by atoms with E-state index in [-0.39, 0.29) is 35.6 Å². The predicted octanol–water partition coefficient (Wildman–Crippen LogP) is 4.90. The molecule has 4 atom stereocenters. The van der Waals surface area contributed by atoms with Gasteiger partial charge in [-0.25, -0.2) is 9.18 Å². The van der Waals surface area contributed by atoms with Gasteiger partial charge in [0.1, 0.15) is 17.6 Å². The molecule has 2 saturated heterocycles. The number of piperazine rings is 1. The lowest BCUT2D eigenvalue weighted by Crippen LogP contribution is -2.56. The number of likely N-dealkylation sites (tertiary alicyclic amines) is 1. The highest BCUT2D eigenvalue weighted by molar-refractivity contribution is 5.97. The van der Waals surface area contributed by atoms with Gasteiger partial charge in [0.25, 0.3) is 5.91 Å². The van der Waals surface area contributed by atoms with E-state index >= 15 is 0 Å².